The molecule has 0 radical (unpaired) electrons. The lowest BCUT2D eigenvalue weighted by atomic mass is 9.96. The quantitative estimate of drug-likeness (QED) is 0.467. The highest BCUT2D eigenvalue weighted by Gasteiger charge is 2.44. The zero-order valence-electron chi connectivity index (χ0n) is 18.6. The molecule has 0 aliphatic carbocycles. The second-order valence-electron chi connectivity index (χ2n) is 8.68. The van der Waals surface area contributed by atoms with Crippen LogP contribution in [0.5, 0.6) is 0 Å². The Kier molecular flexibility index (Phi) is 6.70. The van der Waals surface area contributed by atoms with Crippen molar-refractivity contribution < 1.29 is 9.59 Å². The van der Waals surface area contributed by atoms with E-state index in [2.05, 4.69) is 58.3 Å². The number of amides is 2. The van der Waals surface area contributed by atoms with Gasteiger partial charge in [0.1, 0.15) is 0 Å². The molecule has 7 heteroatoms. The third-order valence-corrected chi connectivity index (χ3v) is 7.41. The molecule has 0 spiro atoms. The number of anilines is 1. The van der Waals surface area contributed by atoms with Gasteiger partial charge < -0.3 is 0 Å². The standard InChI is InChI=1S/C27H25Cl2N3O2/c28-22-12-11-21(17-23(22)29)32-25(33)18-24(27(32)34)30-13-15-31(16-14-30)26(19-7-3-1-4-8-19)20-9-5-2-6-10-20/h1-12,17,24,26H,13-16,18H2/t24-/m1/s1. The number of imide groups is 1. The first kappa shape index (κ1) is 23.1. The van der Waals surface area contributed by atoms with Crippen LogP contribution in [0.15, 0.2) is 78.9 Å². The summed E-state index contributed by atoms with van der Waals surface area (Å²) in [6, 6.07) is 25.6. The van der Waals surface area contributed by atoms with E-state index in [1.54, 1.807) is 18.2 Å². The van der Waals surface area contributed by atoms with Gasteiger partial charge in [-0.25, -0.2) is 4.90 Å². The van der Waals surface area contributed by atoms with E-state index in [1.165, 1.54) is 16.0 Å². The summed E-state index contributed by atoms with van der Waals surface area (Å²) >= 11 is 12.1. The van der Waals surface area contributed by atoms with Crippen molar-refractivity contribution in [3.8, 4) is 0 Å². The zero-order chi connectivity index (χ0) is 23.7. The van der Waals surface area contributed by atoms with Gasteiger partial charge in [0.2, 0.25) is 5.91 Å². The number of halogens is 2. The molecule has 2 saturated heterocycles. The summed E-state index contributed by atoms with van der Waals surface area (Å²) in [5.74, 6) is -0.401. The average Bonchev–Trinajstić information content (AvgIpc) is 3.16. The molecule has 5 nitrogen and oxygen atoms in total. The number of carbonyl (C=O) groups is 2. The maximum Gasteiger partial charge on any atom is 0.251 e. The minimum atomic E-state index is -0.448. The Morgan fingerprint density at radius 3 is 1.88 bits per heavy atom. The van der Waals surface area contributed by atoms with Crippen LogP contribution in [0.25, 0.3) is 0 Å². The normalized spacial score (nSPS) is 19.9. The van der Waals surface area contributed by atoms with Gasteiger partial charge in [-0.05, 0) is 29.3 Å². The molecule has 2 amide bonds. The van der Waals surface area contributed by atoms with E-state index in [0.717, 1.165) is 26.2 Å². The van der Waals surface area contributed by atoms with Crippen LogP contribution in [0.2, 0.25) is 10.0 Å². The van der Waals surface area contributed by atoms with Gasteiger partial charge in [0, 0.05) is 26.2 Å². The van der Waals surface area contributed by atoms with Crippen molar-refractivity contribution in [2.75, 3.05) is 31.1 Å². The van der Waals surface area contributed by atoms with Crippen molar-refractivity contribution in [1.82, 2.24) is 9.80 Å². The number of nitrogens with zero attached hydrogens (tertiary/aromatic N) is 3. The van der Waals surface area contributed by atoms with E-state index in [0.29, 0.717) is 15.7 Å². The lowest BCUT2D eigenvalue weighted by Gasteiger charge is -2.41. The first-order valence-electron chi connectivity index (χ1n) is 11.4. The fourth-order valence-corrected chi connectivity index (χ4v) is 5.28. The Labute approximate surface area is 209 Å². The SMILES string of the molecule is O=C1C[C@@H](N2CCN(C(c3ccccc3)c3ccccc3)CC2)C(=O)N1c1ccc(Cl)c(Cl)c1. The molecule has 3 aromatic carbocycles. The van der Waals surface area contributed by atoms with Gasteiger partial charge in [-0.3, -0.25) is 19.4 Å². The molecule has 3 aromatic rings. The van der Waals surface area contributed by atoms with E-state index in [9.17, 15) is 9.59 Å². The number of rotatable bonds is 5. The second-order valence-corrected chi connectivity index (χ2v) is 9.50. The van der Waals surface area contributed by atoms with Crippen LogP contribution in [-0.4, -0.2) is 53.8 Å². The summed E-state index contributed by atoms with van der Waals surface area (Å²) in [6.45, 7) is 3.04. The molecule has 2 aliphatic heterocycles. The highest BCUT2D eigenvalue weighted by Crippen LogP contribution is 2.33. The van der Waals surface area contributed by atoms with Crippen LogP contribution in [0.1, 0.15) is 23.6 Å². The van der Waals surface area contributed by atoms with Gasteiger partial charge in [0.05, 0.1) is 34.2 Å². The molecule has 1 atom stereocenters. The van der Waals surface area contributed by atoms with Crippen molar-refractivity contribution in [2.24, 2.45) is 0 Å². The highest BCUT2D eigenvalue weighted by molar-refractivity contribution is 6.42. The van der Waals surface area contributed by atoms with E-state index >= 15 is 0 Å². The van der Waals surface area contributed by atoms with Gasteiger partial charge >= 0.3 is 0 Å². The predicted octanol–water partition coefficient (Wildman–Crippen LogP) is 5.03. The minimum absolute atomic E-state index is 0.151. The van der Waals surface area contributed by atoms with Crippen molar-refractivity contribution in [3.05, 3.63) is 100 Å². The Bertz CT molecular complexity index is 1140. The number of benzene rings is 3. The number of hydrogen-bond donors (Lipinski definition) is 0. The van der Waals surface area contributed by atoms with E-state index in [4.69, 9.17) is 23.2 Å². The number of carbonyl (C=O) groups excluding carboxylic acids is 2. The monoisotopic (exact) mass is 493 g/mol. The van der Waals surface area contributed by atoms with Crippen LogP contribution in [0, 0.1) is 0 Å². The van der Waals surface area contributed by atoms with Crippen LogP contribution in [-0.2, 0) is 9.59 Å². The Balaban J connectivity index is 1.31. The smallest absolute Gasteiger partial charge is 0.251 e. The fourth-order valence-electron chi connectivity index (χ4n) is 4.99. The maximum absolute atomic E-state index is 13.2. The van der Waals surface area contributed by atoms with Gasteiger partial charge in [-0.15, -0.1) is 0 Å². The van der Waals surface area contributed by atoms with Crippen molar-refractivity contribution in [2.45, 2.75) is 18.5 Å². The van der Waals surface area contributed by atoms with Crippen molar-refractivity contribution in [1.29, 1.82) is 0 Å². The number of hydrogen-bond acceptors (Lipinski definition) is 4. The van der Waals surface area contributed by atoms with Crippen molar-refractivity contribution in [3.63, 3.8) is 0 Å². The first-order valence-corrected chi connectivity index (χ1v) is 12.2. The average molecular weight is 494 g/mol. The molecular weight excluding hydrogens is 469 g/mol. The maximum atomic E-state index is 13.2. The third-order valence-electron chi connectivity index (χ3n) is 6.67. The van der Waals surface area contributed by atoms with Crippen LogP contribution >= 0.6 is 23.2 Å². The highest BCUT2D eigenvalue weighted by atomic mass is 35.5. The minimum Gasteiger partial charge on any atom is -0.290 e. The molecule has 2 fully saturated rings. The third kappa shape index (κ3) is 4.49. The summed E-state index contributed by atoms with van der Waals surface area (Å²) in [5, 5.41) is 0.716. The van der Waals surface area contributed by atoms with E-state index in [1.807, 2.05) is 12.1 Å². The summed E-state index contributed by atoms with van der Waals surface area (Å²) in [5.41, 5.74) is 2.97. The van der Waals surface area contributed by atoms with Gasteiger partial charge in [0.15, 0.2) is 0 Å². The van der Waals surface area contributed by atoms with E-state index in [-0.39, 0.29) is 24.3 Å². The molecule has 0 unspecified atom stereocenters. The molecule has 34 heavy (non-hydrogen) atoms. The lowest BCUT2D eigenvalue weighted by molar-refractivity contribution is -0.123. The van der Waals surface area contributed by atoms with Gasteiger partial charge in [0.25, 0.3) is 5.91 Å². The molecule has 0 N–H and O–H groups in total. The van der Waals surface area contributed by atoms with Gasteiger partial charge in [-0.1, -0.05) is 83.9 Å². The van der Waals surface area contributed by atoms with Crippen molar-refractivity contribution >= 4 is 40.7 Å². The Morgan fingerprint density at radius 2 is 1.32 bits per heavy atom. The summed E-state index contributed by atoms with van der Waals surface area (Å²) in [6.07, 6.45) is 0.180. The second kappa shape index (κ2) is 9.88. The van der Waals surface area contributed by atoms with Crippen LogP contribution < -0.4 is 4.90 Å². The molecule has 0 bridgehead atoms. The van der Waals surface area contributed by atoms with Crippen LogP contribution in [0.3, 0.4) is 0 Å². The molecule has 2 heterocycles. The zero-order valence-corrected chi connectivity index (χ0v) is 20.1. The van der Waals surface area contributed by atoms with Gasteiger partial charge in [-0.2, -0.15) is 0 Å². The summed E-state index contributed by atoms with van der Waals surface area (Å²) in [4.78, 5) is 31.9. The Hall–Kier alpha value is -2.70. The molecule has 5 rings (SSSR count). The fraction of sp³-hybridized carbons (Fsp3) is 0.259. The largest absolute Gasteiger partial charge is 0.290 e. The molecule has 0 aromatic heterocycles. The molecular formula is C27H25Cl2N3O2. The molecule has 174 valence electrons. The molecule has 0 saturated carbocycles. The summed E-state index contributed by atoms with van der Waals surface area (Å²) < 4.78 is 0. The predicted molar refractivity (Wildman–Crippen MR) is 135 cm³/mol. The topological polar surface area (TPSA) is 43.9 Å². The van der Waals surface area contributed by atoms with Crippen LogP contribution in [0.4, 0.5) is 5.69 Å². The number of piperazine rings is 1. The van der Waals surface area contributed by atoms with E-state index < -0.39 is 6.04 Å². The first-order chi connectivity index (χ1) is 16.5. The lowest BCUT2D eigenvalue weighted by Crippen LogP contribution is -2.53. The molecule has 2 aliphatic rings. The Morgan fingerprint density at radius 1 is 0.735 bits per heavy atom. The summed E-state index contributed by atoms with van der Waals surface area (Å²) in [7, 11) is 0.